The SMILES string of the molecule is CC(C)Oc1ccccc1C(=O)Cc1c(F)cccc1Cl. The second kappa shape index (κ2) is 6.72. The van der Waals surface area contributed by atoms with E-state index in [1.807, 2.05) is 13.8 Å². The summed E-state index contributed by atoms with van der Waals surface area (Å²) in [6, 6.07) is 11.3. The molecular weight excluding hydrogens is 291 g/mol. The molecule has 0 atom stereocenters. The Hall–Kier alpha value is -1.87. The quantitative estimate of drug-likeness (QED) is 0.749. The number of para-hydroxylation sites is 1. The molecule has 0 N–H and O–H groups in total. The van der Waals surface area contributed by atoms with Gasteiger partial charge in [-0.15, -0.1) is 0 Å². The van der Waals surface area contributed by atoms with E-state index in [1.165, 1.54) is 12.1 Å². The highest BCUT2D eigenvalue weighted by molar-refractivity contribution is 6.31. The van der Waals surface area contributed by atoms with Gasteiger partial charge in [0.1, 0.15) is 11.6 Å². The van der Waals surface area contributed by atoms with Gasteiger partial charge < -0.3 is 4.74 Å². The molecule has 2 aromatic rings. The third-order valence-electron chi connectivity index (χ3n) is 2.95. The topological polar surface area (TPSA) is 26.3 Å². The summed E-state index contributed by atoms with van der Waals surface area (Å²) in [6.07, 6.45) is -0.139. The fraction of sp³-hybridized carbons (Fsp3) is 0.235. The van der Waals surface area contributed by atoms with Crippen molar-refractivity contribution in [3.05, 3.63) is 64.4 Å². The van der Waals surface area contributed by atoms with E-state index in [2.05, 4.69) is 0 Å². The molecule has 21 heavy (non-hydrogen) atoms. The molecule has 2 rings (SSSR count). The molecule has 2 nitrogen and oxygen atoms in total. The van der Waals surface area contributed by atoms with E-state index in [4.69, 9.17) is 16.3 Å². The van der Waals surface area contributed by atoms with Gasteiger partial charge in [-0.1, -0.05) is 29.8 Å². The molecule has 2 aromatic carbocycles. The van der Waals surface area contributed by atoms with Crippen LogP contribution in [-0.4, -0.2) is 11.9 Å². The summed E-state index contributed by atoms with van der Waals surface area (Å²) in [5.74, 6) is -0.193. The van der Waals surface area contributed by atoms with Gasteiger partial charge in [-0.05, 0) is 38.1 Å². The molecule has 0 unspecified atom stereocenters. The first-order valence-electron chi connectivity index (χ1n) is 6.71. The Morgan fingerprint density at radius 2 is 1.90 bits per heavy atom. The Balaban J connectivity index is 2.29. The fourth-order valence-corrected chi connectivity index (χ4v) is 2.24. The van der Waals surface area contributed by atoms with Crippen LogP contribution in [0.1, 0.15) is 29.8 Å². The number of Topliss-reactive ketones (excluding diaryl/α,β-unsaturated/α-hetero) is 1. The number of ketones is 1. The van der Waals surface area contributed by atoms with Crippen LogP contribution in [0.4, 0.5) is 4.39 Å². The molecule has 0 aliphatic rings. The summed E-state index contributed by atoms with van der Waals surface area (Å²) in [5.41, 5.74) is 0.647. The molecule has 0 bridgehead atoms. The average Bonchev–Trinajstić information content (AvgIpc) is 2.43. The largest absolute Gasteiger partial charge is 0.490 e. The molecule has 0 aliphatic heterocycles. The van der Waals surface area contributed by atoms with Gasteiger partial charge in [0, 0.05) is 17.0 Å². The van der Waals surface area contributed by atoms with Gasteiger partial charge in [0.05, 0.1) is 11.7 Å². The number of hydrogen-bond acceptors (Lipinski definition) is 2. The molecule has 0 saturated heterocycles. The van der Waals surface area contributed by atoms with E-state index in [9.17, 15) is 9.18 Å². The molecule has 4 heteroatoms. The lowest BCUT2D eigenvalue weighted by Crippen LogP contribution is -2.12. The van der Waals surface area contributed by atoms with Crippen molar-refractivity contribution in [2.75, 3.05) is 0 Å². The van der Waals surface area contributed by atoms with Crippen LogP contribution < -0.4 is 4.74 Å². The summed E-state index contributed by atoms with van der Waals surface area (Å²) in [7, 11) is 0. The maximum Gasteiger partial charge on any atom is 0.171 e. The Morgan fingerprint density at radius 3 is 2.57 bits per heavy atom. The molecule has 0 saturated carbocycles. The first kappa shape index (κ1) is 15.5. The summed E-state index contributed by atoms with van der Waals surface area (Å²) < 4.78 is 19.4. The predicted molar refractivity (Wildman–Crippen MR) is 81.7 cm³/mol. The van der Waals surface area contributed by atoms with Gasteiger partial charge in [-0.3, -0.25) is 4.79 Å². The first-order chi connectivity index (χ1) is 9.99. The highest BCUT2D eigenvalue weighted by Crippen LogP contribution is 2.25. The zero-order valence-corrected chi connectivity index (χ0v) is 12.7. The number of halogens is 2. The average molecular weight is 307 g/mol. The second-order valence-electron chi connectivity index (χ2n) is 4.96. The van der Waals surface area contributed by atoms with Crippen LogP contribution in [0.3, 0.4) is 0 Å². The van der Waals surface area contributed by atoms with Crippen molar-refractivity contribution < 1.29 is 13.9 Å². The van der Waals surface area contributed by atoms with Crippen LogP contribution in [-0.2, 0) is 6.42 Å². The fourth-order valence-electron chi connectivity index (χ4n) is 2.01. The zero-order valence-electron chi connectivity index (χ0n) is 11.9. The maximum atomic E-state index is 13.8. The number of hydrogen-bond donors (Lipinski definition) is 0. The smallest absolute Gasteiger partial charge is 0.171 e. The number of rotatable bonds is 5. The standard InChI is InChI=1S/C17H16ClFO2/c1-11(2)21-17-9-4-3-6-12(17)16(20)10-13-14(18)7-5-8-15(13)19/h3-9,11H,10H2,1-2H3. The van der Waals surface area contributed by atoms with E-state index in [0.717, 1.165) is 0 Å². The molecule has 0 heterocycles. The normalized spacial score (nSPS) is 10.7. The van der Waals surface area contributed by atoms with Crippen molar-refractivity contribution in [1.82, 2.24) is 0 Å². The number of ether oxygens (including phenoxy) is 1. The minimum atomic E-state index is -0.474. The molecule has 0 aliphatic carbocycles. The molecule has 0 fully saturated rings. The molecule has 0 amide bonds. The number of carbonyl (C=O) groups is 1. The molecular formula is C17H16ClFO2. The second-order valence-corrected chi connectivity index (χ2v) is 5.37. The van der Waals surface area contributed by atoms with E-state index in [1.54, 1.807) is 30.3 Å². The number of carbonyl (C=O) groups excluding carboxylic acids is 1. The van der Waals surface area contributed by atoms with Crippen LogP contribution >= 0.6 is 11.6 Å². The third-order valence-corrected chi connectivity index (χ3v) is 3.30. The van der Waals surface area contributed by atoms with Gasteiger partial charge in [0.2, 0.25) is 0 Å². The van der Waals surface area contributed by atoms with Crippen molar-refractivity contribution in [1.29, 1.82) is 0 Å². The van der Waals surface area contributed by atoms with Crippen LogP contribution in [0.15, 0.2) is 42.5 Å². The monoisotopic (exact) mass is 306 g/mol. The summed E-state index contributed by atoms with van der Waals surface area (Å²) in [5, 5.41) is 0.255. The lowest BCUT2D eigenvalue weighted by atomic mass is 10.0. The van der Waals surface area contributed by atoms with Gasteiger partial charge in [-0.25, -0.2) is 4.39 Å². The minimum Gasteiger partial charge on any atom is -0.490 e. The third kappa shape index (κ3) is 3.82. The van der Waals surface area contributed by atoms with Gasteiger partial charge in [-0.2, -0.15) is 0 Å². The molecule has 0 aromatic heterocycles. The Morgan fingerprint density at radius 1 is 1.19 bits per heavy atom. The predicted octanol–water partition coefficient (Wildman–Crippen LogP) is 4.69. The lowest BCUT2D eigenvalue weighted by Gasteiger charge is -2.13. The zero-order chi connectivity index (χ0) is 15.4. The van der Waals surface area contributed by atoms with Crippen LogP contribution in [0.25, 0.3) is 0 Å². The van der Waals surface area contributed by atoms with Crippen molar-refractivity contribution in [2.45, 2.75) is 26.4 Å². The highest BCUT2D eigenvalue weighted by Gasteiger charge is 2.17. The van der Waals surface area contributed by atoms with Crippen molar-refractivity contribution >= 4 is 17.4 Å². The van der Waals surface area contributed by atoms with Crippen LogP contribution in [0.2, 0.25) is 5.02 Å². The maximum absolute atomic E-state index is 13.8. The van der Waals surface area contributed by atoms with E-state index in [-0.39, 0.29) is 28.9 Å². The minimum absolute atomic E-state index is 0.0454. The summed E-state index contributed by atoms with van der Waals surface area (Å²) in [4.78, 5) is 12.4. The molecule has 110 valence electrons. The summed E-state index contributed by atoms with van der Waals surface area (Å²) in [6.45, 7) is 3.77. The van der Waals surface area contributed by atoms with E-state index in [0.29, 0.717) is 11.3 Å². The lowest BCUT2D eigenvalue weighted by molar-refractivity contribution is 0.0986. The van der Waals surface area contributed by atoms with Gasteiger partial charge in [0.25, 0.3) is 0 Å². The van der Waals surface area contributed by atoms with Gasteiger partial charge >= 0.3 is 0 Å². The van der Waals surface area contributed by atoms with Crippen LogP contribution in [0.5, 0.6) is 5.75 Å². The van der Waals surface area contributed by atoms with E-state index < -0.39 is 5.82 Å². The van der Waals surface area contributed by atoms with Crippen molar-refractivity contribution in [3.63, 3.8) is 0 Å². The number of benzene rings is 2. The first-order valence-corrected chi connectivity index (χ1v) is 7.08. The molecule has 0 radical (unpaired) electrons. The van der Waals surface area contributed by atoms with Crippen molar-refractivity contribution in [2.24, 2.45) is 0 Å². The Bertz CT molecular complexity index is 633. The Labute approximate surface area is 128 Å². The summed E-state index contributed by atoms with van der Waals surface area (Å²) >= 11 is 5.96. The van der Waals surface area contributed by atoms with Crippen molar-refractivity contribution in [3.8, 4) is 5.75 Å². The molecule has 0 spiro atoms. The van der Waals surface area contributed by atoms with Gasteiger partial charge in [0.15, 0.2) is 5.78 Å². The Kier molecular flexibility index (Phi) is 4.97. The van der Waals surface area contributed by atoms with Crippen LogP contribution in [0, 0.1) is 5.82 Å². The van der Waals surface area contributed by atoms with E-state index >= 15 is 0 Å². The highest BCUT2D eigenvalue weighted by atomic mass is 35.5.